The van der Waals surface area contributed by atoms with E-state index in [9.17, 15) is 0 Å². The topological polar surface area (TPSA) is 51.0 Å². The molecule has 1 aromatic heterocycles. The van der Waals surface area contributed by atoms with Gasteiger partial charge < -0.3 is 9.84 Å². The Morgan fingerprint density at radius 3 is 3.00 bits per heavy atom. The van der Waals surface area contributed by atoms with E-state index in [4.69, 9.17) is 4.52 Å². The molecule has 2 rings (SSSR count). The van der Waals surface area contributed by atoms with Crippen LogP contribution < -0.4 is 5.32 Å². The Kier molecular flexibility index (Phi) is 3.08. The molecule has 5 heteroatoms. The highest BCUT2D eigenvalue weighted by molar-refractivity contribution is 7.99. The molecule has 1 aliphatic rings. The molecule has 0 aromatic carbocycles. The number of thioether (sulfide) groups is 1. The normalized spacial score (nSPS) is 27.0. The quantitative estimate of drug-likeness (QED) is 0.818. The second kappa shape index (κ2) is 4.31. The first-order valence-electron chi connectivity index (χ1n) is 4.86. The Labute approximate surface area is 87.8 Å². The minimum atomic E-state index is 0.590. The van der Waals surface area contributed by atoms with E-state index in [1.165, 1.54) is 11.5 Å². The highest BCUT2D eigenvalue weighted by Gasteiger charge is 2.23. The Morgan fingerprint density at radius 2 is 2.43 bits per heavy atom. The summed E-state index contributed by atoms with van der Waals surface area (Å²) in [5, 5.41) is 7.19. The van der Waals surface area contributed by atoms with Crippen molar-refractivity contribution in [3.63, 3.8) is 0 Å². The van der Waals surface area contributed by atoms with Gasteiger partial charge in [0.1, 0.15) is 0 Å². The molecule has 2 atom stereocenters. The van der Waals surface area contributed by atoms with Gasteiger partial charge in [-0.15, -0.1) is 0 Å². The zero-order chi connectivity index (χ0) is 9.97. The van der Waals surface area contributed by atoms with E-state index in [2.05, 4.69) is 22.4 Å². The second-order valence-corrected chi connectivity index (χ2v) is 4.81. The summed E-state index contributed by atoms with van der Waals surface area (Å²) in [6, 6.07) is 0.590. The minimum absolute atomic E-state index is 0.590. The lowest BCUT2D eigenvalue weighted by Crippen LogP contribution is -2.33. The molecule has 0 aliphatic carbocycles. The Morgan fingerprint density at radius 1 is 1.57 bits per heavy atom. The van der Waals surface area contributed by atoms with Gasteiger partial charge in [-0.05, 0) is 18.6 Å². The third kappa shape index (κ3) is 2.27. The van der Waals surface area contributed by atoms with Crippen molar-refractivity contribution in [3.8, 4) is 0 Å². The van der Waals surface area contributed by atoms with Gasteiger partial charge in [-0.3, -0.25) is 0 Å². The molecular formula is C9H15N3OS. The summed E-state index contributed by atoms with van der Waals surface area (Å²) < 4.78 is 5.03. The molecule has 0 amide bonds. The second-order valence-electron chi connectivity index (χ2n) is 3.74. The lowest BCUT2D eigenvalue weighted by atomic mass is 10.1. The summed E-state index contributed by atoms with van der Waals surface area (Å²) in [5.74, 6) is 4.57. The Bertz CT molecular complexity index is 302. The summed E-state index contributed by atoms with van der Waals surface area (Å²) in [7, 11) is 0. The summed E-state index contributed by atoms with van der Waals surface area (Å²) in [4.78, 5) is 4.15. The maximum atomic E-state index is 5.03. The van der Waals surface area contributed by atoms with Gasteiger partial charge in [-0.25, -0.2) is 0 Å². The van der Waals surface area contributed by atoms with Crippen LogP contribution >= 0.6 is 11.8 Å². The Balaban J connectivity index is 1.82. The van der Waals surface area contributed by atoms with Gasteiger partial charge in [-0.2, -0.15) is 16.7 Å². The monoisotopic (exact) mass is 213 g/mol. The summed E-state index contributed by atoms with van der Waals surface area (Å²) in [6.45, 7) is 4.80. The maximum Gasteiger partial charge on any atom is 0.240 e. The fourth-order valence-corrected chi connectivity index (χ4v) is 2.99. The van der Waals surface area contributed by atoms with Crippen molar-refractivity contribution < 1.29 is 4.52 Å². The van der Waals surface area contributed by atoms with Crippen LogP contribution in [0.2, 0.25) is 0 Å². The van der Waals surface area contributed by atoms with Gasteiger partial charge in [0.25, 0.3) is 0 Å². The van der Waals surface area contributed by atoms with E-state index < -0.39 is 0 Å². The van der Waals surface area contributed by atoms with Crippen molar-refractivity contribution in [2.75, 3.05) is 11.5 Å². The molecule has 1 fully saturated rings. The van der Waals surface area contributed by atoms with Crippen LogP contribution in [-0.2, 0) is 6.54 Å². The summed E-state index contributed by atoms with van der Waals surface area (Å²) in [6.07, 6.45) is 0. The number of rotatable bonds is 3. The van der Waals surface area contributed by atoms with Crippen molar-refractivity contribution >= 4 is 11.8 Å². The highest BCUT2D eigenvalue weighted by atomic mass is 32.2. The SMILES string of the molecule is Cc1noc(CNC2CSCC2C)n1. The average molecular weight is 213 g/mol. The van der Waals surface area contributed by atoms with Crippen molar-refractivity contribution in [1.82, 2.24) is 15.5 Å². The summed E-state index contributed by atoms with van der Waals surface area (Å²) >= 11 is 2.00. The number of aromatic nitrogens is 2. The van der Waals surface area contributed by atoms with E-state index in [0.29, 0.717) is 24.3 Å². The third-order valence-corrected chi connectivity index (χ3v) is 3.81. The molecule has 2 unspecified atom stereocenters. The first-order chi connectivity index (χ1) is 6.75. The molecule has 1 N–H and O–H groups in total. The number of hydrogen-bond donors (Lipinski definition) is 1. The smallest absolute Gasteiger partial charge is 0.240 e. The van der Waals surface area contributed by atoms with Gasteiger partial charge in [0.2, 0.25) is 5.89 Å². The van der Waals surface area contributed by atoms with E-state index in [-0.39, 0.29) is 0 Å². The van der Waals surface area contributed by atoms with E-state index >= 15 is 0 Å². The Hall–Kier alpha value is -0.550. The predicted octanol–water partition coefficient (Wildman–Crippen LogP) is 1.22. The van der Waals surface area contributed by atoms with Crippen LogP contribution in [0, 0.1) is 12.8 Å². The summed E-state index contributed by atoms with van der Waals surface area (Å²) in [5.41, 5.74) is 0. The van der Waals surface area contributed by atoms with Gasteiger partial charge >= 0.3 is 0 Å². The molecule has 14 heavy (non-hydrogen) atoms. The first kappa shape index (κ1) is 9.98. The predicted molar refractivity (Wildman–Crippen MR) is 56.2 cm³/mol. The van der Waals surface area contributed by atoms with Crippen molar-refractivity contribution in [1.29, 1.82) is 0 Å². The maximum absolute atomic E-state index is 5.03. The van der Waals surface area contributed by atoms with Crippen molar-refractivity contribution in [2.24, 2.45) is 5.92 Å². The molecule has 78 valence electrons. The van der Waals surface area contributed by atoms with Crippen LogP contribution in [-0.4, -0.2) is 27.7 Å². The number of nitrogens with one attached hydrogen (secondary N) is 1. The van der Waals surface area contributed by atoms with Crippen LogP contribution in [0.25, 0.3) is 0 Å². The van der Waals surface area contributed by atoms with Gasteiger partial charge in [-0.1, -0.05) is 12.1 Å². The molecule has 1 aliphatic heterocycles. The van der Waals surface area contributed by atoms with Crippen molar-refractivity contribution in [2.45, 2.75) is 26.4 Å². The molecule has 1 saturated heterocycles. The molecule has 0 radical (unpaired) electrons. The molecule has 0 saturated carbocycles. The molecule has 1 aromatic rings. The first-order valence-corrected chi connectivity index (χ1v) is 6.01. The fraction of sp³-hybridized carbons (Fsp3) is 0.778. The number of hydrogen-bond acceptors (Lipinski definition) is 5. The van der Waals surface area contributed by atoms with Crippen LogP contribution in [0.1, 0.15) is 18.6 Å². The van der Waals surface area contributed by atoms with E-state index in [1.54, 1.807) is 0 Å². The highest BCUT2D eigenvalue weighted by Crippen LogP contribution is 2.23. The van der Waals surface area contributed by atoms with Gasteiger partial charge in [0.15, 0.2) is 5.82 Å². The number of nitrogens with zero attached hydrogens (tertiary/aromatic N) is 2. The molecule has 0 bridgehead atoms. The van der Waals surface area contributed by atoms with Gasteiger partial charge in [0, 0.05) is 11.8 Å². The molecule has 4 nitrogen and oxygen atoms in total. The van der Waals surface area contributed by atoms with Gasteiger partial charge in [0.05, 0.1) is 6.54 Å². The lowest BCUT2D eigenvalue weighted by molar-refractivity contribution is 0.347. The van der Waals surface area contributed by atoms with Crippen molar-refractivity contribution in [3.05, 3.63) is 11.7 Å². The molecule has 0 spiro atoms. The van der Waals surface area contributed by atoms with Crippen LogP contribution in [0.15, 0.2) is 4.52 Å². The van der Waals surface area contributed by atoms with Crippen LogP contribution in [0.4, 0.5) is 0 Å². The number of aryl methyl sites for hydroxylation is 1. The average Bonchev–Trinajstić information content (AvgIpc) is 2.72. The van der Waals surface area contributed by atoms with Crippen LogP contribution in [0.3, 0.4) is 0 Å². The van der Waals surface area contributed by atoms with E-state index in [1.807, 2.05) is 18.7 Å². The zero-order valence-corrected chi connectivity index (χ0v) is 9.30. The molecular weight excluding hydrogens is 198 g/mol. The van der Waals surface area contributed by atoms with E-state index in [0.717, 1.165) is 5.92 Å². The van der Waals surface area contributed by atoms with Crippen LogP contribution in [0.5, 0.6) is 0 Å². The molecule has 2 heterocycles. The largest absolute Gasteiger partial charge is 0.338 e. The zero-order valence-electron chi connectivity index (χ0n) is 8.49. The lowest BCUT2D eigenvalue weighted by Gasteiger charge is -2.14. The minimum Gasteiger partial charge on any atom is -0.338 e. The standard InChI is InChI=1S/C9H15N3OS/c1-6-4-14-5-8(6)10-3-9-11-7(2)12-13-9/h6,8,10H,3-5H2,1-2H3. The third-order valence-electron chi connectivity index (χ3n) is 2.45. The fourth-order valence-electron chi connectivity index (χ4n) is 1.55.